The number of hydrogen-bond acceptors (Lipinski definition) is 4. The van der Waals surface area contributed by atoms with Gasteiger partial charge in [0.05, 0.1) is 4.88 Å². The van der Waals surface area contributed by atoms with Gasteiger partial charge in [-0.25, -0.2) is 0 Å². The Morgan fingerprint density at radius 2 is 2.04 bits per heavy atom. The van der Waals surface area contributed by atoms with Crippen molar-refractivity contribution < 1.29 is 22.7 Å². The van der Waals surface area contributed by atoms with Crippen LogP contribution in [0.2, 0.25) is 0 Å². The summed E-state index contributed by atoms with van der Waals surface area (Å²) < 4.78 is 41.4. The molecule has 1 aromatic carbocycles. The van der Waals surface area contributed by atoms with Crippen molar-refractivity contribution in [2.75, 3.05) is 0 Å². The summed E-state index contributed by atoms with van der Waals surface area (Å²) in [7, 11) is 0. The van der Waals surface area contributed by atoms with Gasteiger partial charge in [-0.2, -0.15) is 0 Å². The van der Waals surface area contributed by atoms with E-state index < -0.39 is 6.36 Å². The number of carbonyl (C=O) groups is 1. The summed E-state index contributed by atoms with van der Waals surface area (Å²) in [5.41, 5.74) is 1.29. The number of hydrogen-bond donors (Lipinski definition) is 1. The topological polar surface area (TPSA) is 50.7 Å². The zero-order valence-corrected chi connectivity index (χ0v) is 14.8. The Bertz CT molecular complexity index is 914. The van der Waals surface area contributed by atoms with E-state index >= 15 is 0 Å². The lowest BCUT2D eigenvalue weighted by atomic mass is 10.1. The van der Waals surface area contributed by atoms with Crippen molar-refractivity contribution in [3.05, 3.63) is 70.1 Å². The zero-order chi connectivity index (χ0) is 19.3. The molecule has 0 saturated carbocycles. The lowest BCUT2D eigenvalue weighted by Gasteiger charge is -2.13. The van der Waals surface area contributed by atoms with Gasteiger partial charge < -0.3 is 10.1 Å². The highest BCUT2D eigenvalue weighted by atomic mass is 32.1. The highest BCUT2D eigenvalue weighted by molar-refractivity contribution is 7.15. The first-order valence-corrected chi connectivity index (χ1v) is 8.83. The average molecular weight is 392 g/mol. The molecular formula is C19H15F3N2O2S. The summed E-state index contributed by atoms with van der Waals surface area (Å²) in [6.07, 6.45) is 3.14. The number of rotatable bonds is 5. The smallest absolute Gasteiger partial charge is 0.405 e. The van der Waals surface area contributed by atoms with Gasteiger partial charge in [0.1, 0.15) is 5.75 Å². The molecule has 1 aliphatic heterocycles. The number of halogens is 3. The van der Waals surface area contributed by atoms with Crippen LogP contribution in [-0.2, 0) is 6.54 Å². The monoisotopic (exact) mass is 392 g/mol. The van der Waals surface area contributed by atoms with Crippen LogP contribution in [0.1, 0.15) is 26.5 Å². The first-order valence-electron chi connectivity index (χ1n) is 8.02. The number of carbonyl (C=O) groups excluding carboxylic acids is 1. The molecule has 0 unspecified atom stereocenters. The number of ether oxygens (including phenoxy) is 1. The van der Waals surface area contributed by atoms with E-state index in [1.165, 1.54) is 29.5 Å². The maximum Gasteiger partial charge on any atom is 0.573 e. The highest BCUT2D eigenvalue weighted by Gasteiger charge is 2.32. The van der Waals surface area contributed by atoms with Crippen molar-refractivity contribution in [3.63, 3.8) is 0 Å². The molecule has 0 fully saturated rings. The fraction of sp³-hybridized carbons (Fsp3) is 0.158. The van der Waals surface area contributed by atoms with Gasteiger partial charge >= 0.3 is 6.36 Å². The van der Waals surface area contributed by atoms with Crippen LogP contribution in [0.3, 0.4) is 0 Å². The maximum atomic E-state index is 12.5. The van der Waals surface area contributed by atoms with E-state index in [4.69, 9.17) is 0 Å². The second kappa shape index (κ2) is 8.22. The summed E-state index contributed by atoms with van der Waals surface area (Å²) in [5, 5.41) is 2.63. The predicted octanol–water partition coefficient (Wildman–Crippen LogP) is 4.95. The molecule has 0 radical (unpaired) electrons. The molecule has 1 N–H and O–H groups in total. The minimum Gasteiger partial charge on any atom is -0.405 e. The number of para-hydroxylation sites is 1. The lowest BCUT2D eigenvalue weighted by Crippen LogP contribution is -2.23. The molecule has 1 aliphatic rings. The molecule has 2 aromatic rings. The van der Waals surface area contributed by atoms with Crippen LogP contribution < -0.4 is 10.1 Å². The summed E-state index contributed by atoms with van der Waals surface area (Å²) in [5.74, 6) is -0.682. The van der Waals surface area contributed by atoms with Crippen LogP contribution in [-0.4, -0.2) is 18.5 Å². The molecule has 0 atom stereocenters. The third kappa shape index (κ3) is 5.30. The number of allylic oxidation sites excluding steroid dienone is 3. The van der Waals surface area contributed by atoms with E-state index in [-0.39, 0.29) is 23.8 Å². The van der Waals surface area contributed by atoms with E-state index in [0.717, 1.165) is 10.5 Å². The number of thiophene rings is 1. The van der Waals surface area contributed by atoms with Crippen LogP contribution in [0, 0.1) is 0 Å². The number of nitrogens with one attached hydrogen (secondary N) is 1. The number of amides is 1. The molecule has 3 rings (SSSR count). The van der Waals surface area contributed by atoms with Crippen molar-refractivity contribution in [1.82, 2.24) is 5.32 Å². The SMILES string of the molecule is O=C(NCc1ccccc1OC(F)(F)F)c1ccc(C2=CC=NC=CC2)s1. The third-order valence-electron chi connectivity index (χ3n) is 3.67. The van der Waals surface area contributed by atoms with E-state index in [1.807, 2.05) is 18.2 Å². The van der Waals surface area contributed by atoms with E-state index in [1.54, 1.807) is 24.5 Å². The largest absolute Gasteiger partial charge is 0.573 e. The number of benzene rings is 1. The summed E-state index contributed by atoms with van der Waals surface area (Å²) in [6, 6.07) is 9.26. The molecule has 8 heteroatoms. The van der Waals surface area contributed by atoms with Gasteiger partial charge in [0, 0.05) is 29.4 Å². The minimum absolute atomic E-state index is 0.0730. The standard InChI is InChI=1S/C19H15F3N2O2S/c20-19(21,22)26-15-6-2-1-4-14(15)12-24-18(25)17-8-7-16(27-17)13-5-3-10-23-11-9-13/h1-4,6-11H,5,12H2,(H,24,25). The van der Waals surface area contributed by atoms with Gasteiger partial charge in [-0.1, -0.05) is 24.3 Å². The Balaban J connectivity index is 1.66. The average Bonchev–Trinajstić information content (AvgIpc) is 2.95. The van der Waals surface area contributed by atoms with Crippen LogP contribution >= 0.6 is 11.3 Å². The molecule has 1 aromatic heterocycles. The molecule has 1 amide bonds. The Kier molecular flexibility index (Phi) is 5.75. The Labute approximate surface area is 157 Å². The molecule has 0 spiro atoms. The normalized spacial score (nSPS) is 13.8. The zero-order valence-electron chi connectivity index (χ0n) is 14.0. The molecule has 27 heavy (non-hydrogen) atoms. The van der Waals surface area contributed by atoms with Gasteiger partial charge in [0.15, 0.2) is 0 Å². The van der Waals surface area contributed by atoms with Gasteiger partial charge in [-0.15, -0.1) is 24.5 Å². The van der Waals surface area contributed by atoms with Gasteiger partial charge in [-0.05, 0) is 36.3 Å². The van der Waals surface area contributed by atoms with Crippen LogP contribution in [0.25, 0.3) is 5.57 Å². The van der Waals surface area contributed by atoms with Gasteiger partial charge in [0.2, 0.25) is 0 Å². The molecule has 140 valence electrons. The first-order chi connectivity index (χ1) is 12.9. The van der Waals surface area contributed by atoms with Gasteiger partial charge in [-0.3, -0.25) is 9.79 Å². The summed E-state index contributed by atoms with van der Waals surface area (Å²) in [6.45, 7) is -0.0730. The van der Waals surface area contributed by atoms with E-state index in [0.29, 0.717) is 11.3 Å². The first kappa shape index (κ1) is 18.9. The summed E-state index contributed by atoms with van der Waals surface area (Å²) in [4.78, 5) is 17.8. The Morgan fingerprint density at radius 3 is 2.85 bits per heavy atom. The second-order valence-electron chi connectivity index (χ2n) is 5.58. The van der Waals surface area contributed by atoms with Gasteiger partial charge in [0.25, 0.3) is 5.91 Å². The maximum absolute atomic E-state index is 12.5. The van der Waals surface area contributed by atoms with Crippen molar-refractivity contribution in [2.45, 2.75) is 19.3 Å². The number of alkyl halides is 3. The molecule has 0 bridgehead atoms. The van der Waals surface area contributed by atoms with E-state index in [2.05, 4.69) is 15.0 Å². The van der Waals surface area contributed by atoms with Crippen molar-refractivity contribution >= 4 is 29.0 Å². The minimum atomic E-state index is -4.78. The highest BCUT2D eigenvalue weighted by Crippen LogP contribution is 2.28. The Morgan fingerprint density at radius 1 is 1.22 bits per heavy atom. The third-order valence-corrected chi connectivity index (χ3v) is 4.83. The molecule has 2 heterocycles. The molecule has 4 nitrogen and oxygen atoms in total. The van der Waals surface area contributed by atoms with E-state index in [9.17, 15) is 18.0 Å². The Hall–Kier alpha value is -2.87. The van der Waals surface area contributed by atoms with Crippen LogP contribution in [0.5, 0.6) is 5.75 Å². The van der Waals surface area contributed by atoms with Crippen molar-refractivity contribution in [3.8, 4) is 5.75 Å². The number of nitrogens with zero attached hydrogens (tertiary/aromatic N) is 1. The molecule has 0 aliphatic carbocycles. The quantitative estimate of drug-likeness (QED) is 0.783. The van der Waals surface area contributed by atoms with Crippen molar-refractivity contribution in [2.24, 2.45) is 4.99 Å². The fourth-order valence-electron chi connectivity index (χ4n) is 2.44. The molecular weight excluding hydrogens is 377 g/mol. The lowest BCUT2D eigenvalue weighted by molar-refractivity contribution is -0.274. The van der Waals surface area contributed by atoms with Crippen molar-refractivity contribution in [1.29, 1.82) is 0 Å². The summed E-state index contributed by atoms with van der Waals surface area (Å²) >= 11 is 1.32. The fourth-order valence-corrected chi connectivity index (χ4v) is 3.40. The second-order valence-corrected chi connectivity index (χ2v) is 6.66. The number of aliphatic imine (C=N–C) groups is 1. The van der Waals surface area contributed by atoms with Crippen LogP contribution in [0.4, 0.5) is 13.2 Å². The predicted molar refractivity (Wildman–Crippen MR) is 98.8 cm³/mol. The molecule has 0 saturated heterocycles. The van der Waals surface area contributed by atoms with Crippen LogP contribution in [0.15, 0.2) is 59.7 Å².